The lowest BCUT2D eigenvalue weighted by molar-refractivity contribution is -0.133. The van der Waals surface area contributed by atoms with Crippen molar-refractivity contribution in [2.45, 2.75) is 31.2 Å². The van der Waals surface area contributed by atoms with Crippen molar-refractivity contribution >= 4 is 5.91 Å². The van der Waals surface area contributed by atoms with Crippen LogP contribution in [0, 0.1) is 5.92 Å². The lowest BCUT2D eigenvalue weighted by Crippen LogP contribution is -2.47. The van der Waals surface area contributed by atoms with Crippen molar-refractivity contribution in [1.82, 2.24) is 10.2 Å². The third kappa shape index (κ3) is 2.66. The molecule has 1 amide bonds. The van der Waals surface area contributed by atoms with Crippen LogP contribution in [0.4, 0.5) is 0 Å². The third-order valence-corrected chi connectivity index (χ3v) is 4.50. The molecule has 3 atom stereocenters. The molecule has 3 rings (SSSR count). The van der Waals surface area contributed by atoms with Crippen LogP contribution in [0.1, 0.15) is 30.7 Å². The average molecular weight is 258 g/mol. The molecule has 1 saturated heterocycles. The summed E-state index contributed by atoms with van der Waals surface area (Å²) < 4.78 is 0. The number of likely N-dealkylation sites (N-methyl/N-ethyl adjacent to an activating group) is 1. The van der Waals surface area contributed by atoms with Gasteiger partial charge < -0.3 is 10.2 Å². The van der Waals surface area contributed by atoms with Crippen molar-refractivity contribution < 1.29 is 4.79 Å². The van der Waals surface area contributed by atoms with Crippen LogP contribution in [0.5, 0.6) is 0 Å². The first kappa shape index (κ1) is 12.7. The number of rotatable bonds is 3. The van der Waals surface area contributed by atoms with Crippen LogP contribution >= 0.6 is 0 Å². The van der Waals surface area contributed by atoms with Gasteiger partial charge in [0.05, 0.1) is 0 Å². The van der Waals surface area contributed by atoms with E-state index in [0.29, 0.717) is 17.9 Å². The molecule has 102 valence electrons. The minimum Gasteiger partial charge on any atom is -0.341 e. The zero-order valence-electron chi connectivity index (χ0n) is 11.5. The van der Waals surface area contributed by atoms with Crippen molar-refractivity contribution in [3.8, 4) is 0 Å². The van der Waals surface area contributed by atoms with Gasteiger partial charge in [0.25, 0.3) is 0 Å². The lowest BCUT2D eigenvalue weighted by Gasteiger charge is -2.32. The first-order valence-electron chi connectivity index (χ1n) is 7.29. The van der Waals surface area contributed by atoms with E-state index in [2.05, 4.69) is 29.6 Å². The van der Waals surface area contributed by atoms with Gasteiger partial charge in [0, 0.05) is 25.6 Å². The Morgan fingerprint density at radius 1 is 1.32 bits per heavy atom. The van der Waals surface area contributed by atoms with Gasteiger partial charge in [0.2, 0.25) is 5.91 Å². The molecular formula is C16H22N2O. The van der Waals surface area contributed by atoms with Gasteiger partial charge >= 0.3 is 0 Å². The van der Waals surface area contributed by atoms with E-state index in [-0.39, 0.29) is 5.92 Å². The fourth-order valence-corrected chi connectivity index (χ4v) is 3.14. The van der Waals surface area contributed by atoms with Crippen molar-refractivity contribution in [3.05, 3.63) is 35.9 Å². The molecule has 1 aliphatic carbocycles. The Balaban J connectivity index is 1.60. The molecule has 1 aromatic rings. The van der Waals surface area contributed by atoms with E-state index in [4.69, 9.17) is 0 Å². The fraction of sp³-hybridized carbons (Fsp3) is 0.562. The standard InChI is InChI=1S/C16H22N2O/c1-18(13-8-5-9-17-11-13)16(19)15-10-14(15)12-6-3-2-4-7-12/h2-4,6-7,13-15,17H,5,8-11H2,1H3/t13-,14+,15-/m1/s1. The number of nitrogens with zero attached hydrogens (tertiary/aromatic N) is 1. The van der Waals surface area contributed by atoms with Crippen molar-refractivity contribution in [3.63, 3.8) is 0 Å². The van der Waals surface area contributed by atoms with Gasteiger partial charge in [-0.25, -0.2) is 0 Å². The Morgan fingerprint density at radius 3 is 2.79 bits per heavy atom. The summed E-state index contributed by atoms with van der Waals surface area (Å²) in [6.45, 7) is 2.04. The summed E-state index contributed by atoms with van der Waals surface area (Å²) in [6.07, 6.45) is 3.33. The summed E-state index contributed by atoms with van der Waals surface area (Å²) in [6, 6.07) is 10.8. The van der Waals surface area contributed by atoms with Crippen molar-refractivity contribution in [2.24, 2.45) is 5.92 Å². The highest BCUT2D eigenvalue weighted by Gasteiger charge is 2.45. The van der Waals surface area contributed by atoms with Crippen LogP contribution in [-0.2, 0) is 4.79 Å². The fourth-order valence-electron chi connectivity index (χ4n) is 3.14. The molecule has 1 heterocycles. The molecule has 19 heavy (non-hydrogen) atoms. The molecule has 1 aromatic carbocycles. The molecule has 1 N–H and O–H groups in total. The minimum absolute atomic E-state index is 0.217. The van der Waals surface area contributed by atoms with Crippen LogP contribution in [0.3, 0.4) is 0 Å². The summed E-state index contributed by atoms with van der Waals surface area (Å²) in [4.78, 5) is 14.5. The zero-order chi connectivity index (χ0) is 13.2. The largest absolute Gasteiger partial charge is 0.341 e. The van der Waals surface area contributed by atoms with Gasteiger partial charge in [0.1, 0.15) is 0 Å². The van der Waals surface area contributed by atoms with E-state index in [0.717, 1.165) is 25.9 Å². The predicted molar refractivity (Wildman–Crippen MR) is 76.0 cm³/mol. The topological polar surface area (TPSA) is 32.3 Å². The number of amides is 1. The second-order valence-electron chi connectivity index (χ2n) is 5.81. The van der Waals surface area contributed by atoms with Gasteiger partial charge in [-0.05, 0) is 37.3 Å². The second-order valence-corrected chi connectivity index (χ2v) is 5.81. The third-order valence-electron chi connectivity index (χ3n) is 4.50. The number of hydrogen-bond donors (Lipinski definition) is 1. The molecule has 0 bridgehead atoms. The van der Waals surface area contributed by atoms with Crippen LogP contribution in [0.25, 0.3) is 0 Å². The van der Waals surface area contributed by atoms with Crippen LogP contribution in [0.2, 0.25) is 0 Å². The summed E-state index contributed by atoms with van der Waals surface area (Å²) in [7, 11) is 1.97. The smallest absolute Gasteiger partial charge is 0.226 e. The lowest BCUT2D eigenvalue weighted by atomic mass is 10.0. The van der Waals surface area contributed by atoms with Crippen molar-refractivity contribution in [2.75, 3.05) is 20.1 Å². The maximum atomic E-state index is 12.5. The number of hydrogen-bond acceptors (Lipinski definition) is 2. The Bertz CT molecular complexity index is 439. The summed E-state index contributed by atoms with van der Waals surface area (Å²) in [5.74, 6) is 1.00. The molecule has 3 heteroatoms. The molecule has 0 aromatic heterocycles. The minimum atomic E-state index is 0.217. The Kier molecular flexibility index (Phi) is 3.56. The number of piperidine rings is 1. The van der Waals surface area contributed by atoms with Crippen LogP contribution < -0.4 is 5.32 Å². The van der Waals surface area contributed by atoms with E-state index in [1.807, 2.05) is 18.0 Å². The second kappa shape index (κ2) is 5.33. The summed E-state index contributed by atoms with van der Waals surface area (Å²) in [5, 5.41) is 3.38. The van der Waals surface area contributed by atoms with E-state index in [1.165, 1.54) is 12.0 Å². The highest BCUT2D eigenvalue weighted by atomic mass is 16.2. The molecule has 0 unspecified atom stereocenters. The number of benzene rings is 1. The predicted octanol–water partition coefficient (Wildman–Crippen LogP) is 2.00. The number of carbonyl (C=O) groups is 1. The van der Waals surface area contributed by atoms with Gasteiger partial charge in [-0.1, -0.05) is 30.3 Å². The van der Waals surface area contributed by atoms with E-state index >= 15 is 0 Å². The summed E-state index contributed by atoms with van der Waals surface area (Å²) in [5.41, 5.74) is 1.32. The van der Waals surface area contributed by atoms with Crippen LogP contribution in [-0.4, -0.2) is 37.0 Å². The quantitative estimate of drug-likeness (QED) is 0.899. The Hall–Kier alpha value is -1.35. The molecule has 2 aliphatic rings. The first-order valence-corrected chi connectivity index (χ1v) is 7.29. The molecule has 2 fully saturated rings. The van der Waals surface area contributed by atoms with Gasteiger partial charge in [0.15, 0.2) is 0 Å². The summed E-state index contributed by atoms with van der Waals surface area (Å²) >= 11 is 0. The Morgan fingerprint density at radius 2 is 2.11 bits per heavy atom. The average Bonchev–Trinajstić information content (AvgIpc) is 3.28. The number of carbonyl (C=O) groups excluding carboxylic acids is 1. The molecule has 1 saturated carbocycles. The molecule has 0 spiro atoms. The zero-order valence-corrected chi connectivity index (χ0v) is 11.5. The maximum Gasteiger partial charge on any atom is 0.226 e. The van der Waals surface area contributed by atoms with Crippen molar-refractivity contribution in [1.29, 1.82) is 0 Å². The van der Waals surface area contributed by atoms with E-state index in [1.54, 1.807) is 0 Å². The van der Waals surface area contributed by atoms with Gasteiger partial charge in [-0.2, -0.15) is 0 Å². The van der Waals surface area contributed by atoms with Gasteiger partial charge in [-0.15, -0.1) is 0 Å². The first-order chi connectivity index (χ1) is 9.27. The van der Waals surface area contributed by atoms with E-state index in [9.17, 15) is 4.79 Å². The van der Waals surface area contributed by atoms with Crippen LogP contribution in [0.15, 0.2) is 30.3 Å². The maximum absolute atomic E-state index is 12.5. The highest BCUT2D eigenvalue weighted by Crippen LogP contribution is 2.48. The van der Waals surface area contributed by atoms with Gasteiger partial charge in [-0.3, -0.25) is 4.79 Å². The number of nitrogens with one attached hydrogen (secondary N) is 1. The SMILES string of the molecule is CN(C(=O)[C@@H]1C[C@H]1c1ccccc1)[C@@H]1CCCNC1. The molecular weight excluding hydrogens is 236 g/mol. The van der Waals surface area contributed by atoms with E-state index < -0.39 is 0 Å². The highest BCUT2D eigenvalue weighted by molar-refractivity contribution is 5.83. The molecule has 3 nitrogen and oxygen atoms in total. The Labute approximate surface area is 115 Å². The molecule has 1 aliphatic heterocycles. The molecule has 0 radical (unpaired) electrons. The monoisotopic (exact) mass is 258 g/mol. The normalized spacial score (nSPS) is 29.8.